The fourth-order valence-electron chi connectivity index (χ4n) is 3.66. The molecule has 0 bridgehead atoms. The number of hydrogen-bond acceptors (Lipinski definition) is 4. The molecule has 0 aromatic heterocycles. The Labute approximate surface area is 188 Å². The van der Waals surface area contributed by atoms with E-state index in [4.69, 9.17) is 0 Å². The van der Waals surface area contributed by atoms with Crippen LogP contribution in [0.3, 0.4) is 0 Å². The Morgan fingerprint density at radius 3 is 2.24 bits per heavy atom. The summed E-state index contributed by atoms with van der Waals surface area (Å²) < 4.78 is 70.1. The minimum Gasteiger partial charge on any atom is -0.435 e. The number of alkyl halides is 2. The van der Waals surface area contributed by atoms with Crippen molar-refractivity contribution in [1.29, 1.82) is 0 Å². The molecule has 1 N–H and O–H groups in total. The van der Waals surface area contributed by atoms with Crippen LogP contribution in [0.4, 0.5) is 18.9 Å². The first-order valence-electron chi connectivity index (χ1n) is 9.94. The van der Waals surface area contributed by atoms with Crippen LogP contribution in [0.1, 0.15) is 11.1 Å². The molecular weight excluding hydrogens is 457 g/mol. The van der Waals surface area contributed by atoms with Gasteiger partial charge in [0, 0.05) is 12.2 Å². The first-order valence-corrected chi connectivity index (χ1v) is 11.4. The van der Waals surface area contributed by atoms with Gasteiger partial charge in [0.05, 0.1) is 4.90 Å². The zero-order valence-corrected chi connectivity index (χ0v) is 17.9. The van der Waals surface area contributed by atoms with Crippen LogP contribution in [0, 0.1) is 5.82 Å². The Morgan fingerprint density at radius 2 is 1.61 bits per heavy atom. The number of carbonyl (C=O) groups is 1. The van der Waals surface area contributed by atoms with Crippen molar-refractivity contribution in [3.05, 3.63) is 89.7 Å². The fraction of sp³-hybridized carbons (Fsp3) is 0.174. The number of benzene rings is 3. The van der Waals surface area contributed by atoms with Crippen molar-refractivity contribution in [3.8, 4) is 5.75 Å². The molecule has 0 saturated carbocycles. The third kappa shape index (κ3) is 5.01. The van der Waals surface area contributed by atoms with Crippen LogP contribution in [0.5, 0.6) is 5.75 Å². The van der Waals surface area contributed by atoms with Crippen molar-refractivity contribution in [3.63, 3.8) is 0 Å². The lowest BCUT2D eigenvalue weighted by atomic mass is 9.95. The molecule has 3 aromatic rings. The molecule has 0 fully saturated rings. The summed E-state index contributed by atoms with van der Waals surface area (Å²) >= 11 is 0. The predicted octanol–water partition coefficient (Wildman–Crippen LogP) is 4.18. The van der Waals surface area contributed by atoms with Crippen LogP contribution >= 0.6 is 0 Å². The zero-order valence-electron chi connectivity index (χ0n) is 17.1. The third-order valence-corrected chi connectivity index (χ3v) is 7.14. The summed E-state index contributed by atoms with van der Waals surface area (Å²) in [5.41, 5.74) is 1.89. The van der Waals surface area contributed by atoms with Gasteiger partial charge in [-0.25, -0.2) is 12.8 Å². The molecule has 1 aliphatic rings. The number of carbonyl (C=O) groups excluding carboxylic acids is 1. The molecule has 1 atom stereocenters. The van der Waals surface area contributed by atoms with Crippen molar-refractivity contribution >= 4 is 21.6 Å². The minimum absolute atomic E-state index is 0.0326. The molecule has 1 unspecified atom stereocenters. The van der Waals surface area contributed by atoms with Gasteiger partial charge < -0.3 is 10.1 Å². The molecule has 1 aliphatic heterocycles. The molecule has 1 amide bonds. The van der Waals surface area contributed by atoms with Gasteiger partial charge in [-0.15, -0.1) is 0 Å². The average molecular weight is 476 g/mol. The van der Waals surface area contributed by atoms with E-state index in [1.54, 1.807) is 18.2 Å². The van der Waals surface area contributed by atoms with E-state index in [1.165, 1.54) is 24.3 Å². The largest absolute Gasteiger partial charge is 0.435 e. The standard InChI is InChI=1S/C23H19F3N2O4S/c24-17-5-11-20(12-6-17)33(30,31)28-14-16-4-2-1-3-15(16)13-21(28)22(29)27-18-7-9-19(10-8-18)32-23(25)26/h1-12,21,23H,13-14H2,(H,27,29). The van der Waals surface area contributed by atoms with Crippen LogP contribution in [-0.4, -0.2) is 31.3 Å². The number of nitrogens with one attached hydrogen (secondary N) is 1. The van der Waals surface area contributed by atoms with E-state index in [0.717, 1.165) is 39.7 Å². The SMILES string of the molecule is O=C(Nc1ccc(OC(F)F)cc1)C1Cc2ccccc2CN1S(=O)(=O)c1ccc(F)cc1. The molecule has 4 rings (SSSR count). The van der Waals surface area contributed by atoms with Crippen LogP contribution < -0.4 is 10.1 Å². The van der Waals surface area contributed by atoms with Gasteiger partial charge in [-0.1, -0.05) is 24.3 Å². The lowest BCUT2D eigenvalue weighted by Crippen LogP contribution is -2.50. The fourth-order valence-corrected chi connectivity index (χ4v) is 5.23. The summed E-state index contributed by atoms with van der Waals surface area (Å²) in [6.45, 7) is -3.01. The summed E-state index contributed by atoms with van der Waals surface area (Å²) in [6, 6.07) is 15.8. The van der Waals surface area contributed by atoms with Crippen LogP contribution in [-0.2, 0) is 27.8 Å². The highest BCUT2D eigenvalue weighted by molar-refractivity contribution is 7.89. The lowest BCUT2D eigenvalue weighted by molar-refractivity contribution is -0.120. The van der Waals surface area contributed by atoms with Crippen molar-refractivity contribution in [2.24, 2.45) is 0 Å². The molecule has 10 heteroatoms. The number of hydrogen-bond donors (Lipinski definition) is 1. The van der Waals surface area contributed by atoms with E-state index >= 15 is 0 Å². The molecule has 0 radical (unpaired) electrons. The summed E-state index contributed by atoms with van der Waals surface area (Å²) in [4.78, 5) is 13.0. The number of fused-ring (bicyclic) bond motifs is 1. The minimum atomic E-state index is -4.13. The van der Waals surface area contributed by atoms with Crippen molar-refractivity contribution in [2.75, 3.05) is 5.32 Å². The number of ether oxygens (including phenoxy) is 1. The van der Waals surface area contributed by atoms with Crippen molar-refractivity contribution in [2.45, 2.75) is 30.5 Å². The van der Waals surface area contributed by atoms with E-state index < -0.39 is 34.4 Å². The summed E-state index contributed by atoms with van der Waals surface area (Å²) in [5.74, 6) is -1.24. The number of sulfonamides is 1. The van der Waals surface area contributed by atoms with Gasteiger partial charge in [0.2, 0.25) is 15.9 Å². The van der Waals surface area contributed by atoms with Gasteiger partial charge >= 0.3 is 6.61 Å². The number of nitrogens with zero attached hydrogens (tertiary/aromatic N) is 1. The van der Waals surface area contributed by atoms with Crippen molar-refractivity contribution in [1.82, 2.24) is 4.31 Å². The van der Waals surface area contributed by atoms with E-state index in [-0.39, 0.29) is 23.6 Å². The summed E-state index contributed by atoms with van der Waals surface area (Å²) in [7, 11) is -4.13. The first-order chi connectivity index (χ1) is 15.7. The Kier molecular flexibility index (Phi) is 6.39. The van der Waals surface area contributed by atoms with Gasteiger partial charge in [0.25, 0.3) is 0 Å². The summed E-state index contributed by atoms with van der Waals surface area (Å²) in [6.07, 6.45) is 0.134. The first kappa shape index (κ1) is 22.8. The third-order valence-electron chi connectivity index (χ3n) is 5.28. The molecule has 3 aromatic carbocycles. The Hall–Kier alpha value is -3.37. The predicted molar refractivity (Wildman–Crippen MR) is 115 cm³/mol. The van der Waals surface area contributed by atoms with E-state index in [9.17, 15) is 26.4 Å². The molecule has 1 heterocycles. The van der Waals surface area contributed by atoms with Gasteiger partial charge in [-0.3, -0.25) is 4.79 Å². The molecule has 172 valence electrons. The topological polar surface area (TPSA) is 75.7 Å². The average Bonchev–Trinajstić information content (AvgIpc) is 2.79. The van der Waals surface area contributed by atoms with Crippen LogP contribution in [0.15, 0.2) is 77.7 Å². The molecule has 33 heavy (non-hydrogen) atoms. The Morgan fingerprint density at radius 1 is 0.970 bits per heavy atom. The Balaban J connectivity index is 1.63. The second-order valence-electron chi connectivity index (χ2n) is 7.38. The highest BCUT2D eigenvalue weighted by atomic mass is 32.2. The van der Waals surface area contributed by atoms with Crippen LogP contribution in [0.25, 0.3) is 0 Å². The number of halogens is 3. The summed E-state index contributed by atoms with van der Waals surface area (Å²) in [5, 5.41) is 2.64. The normalized spacial score (nSPS) is 16.3. The molecule has 6 nitrogen and oxygen atoms in total. The van der Waals surface area contributed by atoms with Gasteiger partial charge in [-0.05, 0) is 66.1 Å². The Bertz CT molecular complexity index is 1250. The number of amides is 1. The highest BCUT2D eigenvalue weighted by Crippen LogP contribution is 2.30. The molecular formula is C23H19F3N2O4S. The zero-order chi connectivity index (χ0) is 23.6. The maximum Gasteiger partial charge on any atom is 0.387 e. The van der Waals surface area contributed by atoms with Gasteiger partial charge in [0.15, 0.2) is 0 Å². The van der Waals surface area contributed by atoms with Gasteiger partial charge in [0.1, 0.15) is 17.6 Å². The second kappa shape index (κ2) is 9.24. The molecule has 0 aliphatic carbocycles. The molecule has 0 saturated heterocycles. The van der Waals surface area contributed by atoms with E-state index in [1.807, 2.05) is 6.07 Å². The molecule has 0 spiro atoms. The number of anilines is 1. The second-order valence-corrected chi connectivity index (χ2v) is 9.28. The highest BCUT2D eigenvalue weighted by Gasteiger charge is 2.39. The number of rotatable bonds is 6. The maximum absolute atomic E-state index is 13.4. The van der Waals surface area contributed by atoms with E-state index in [0.29, 0.717) is 5.69 Å². The van der Waals surface area contributed by atoms with Gasteiger partial charge in [-0.2, -0.15) is 13.1 Å². The monoisotopic (exact) mass is 476 g/mol. The van der Waals surface area contributed by atoms with Crippen molar-refractivity contribution < 1.29 is 31.1 Å². The van der Waals surface area contributed by atoms with Crippen LogP contribution in [0.2, 0.25) is 0 Å². The van der Waals surface area contributed by atoms with E-state index in [2.05, 4.69) is 10.1 Å². The quantitative estimate of drug-likeness (QED) is 0.579. The smallest absolute Gasteiger partial charge is 0.387 e. The lowest BCUT2D eigenvalue weighted by Gasteiger charge is -2.35. The maximum atomic E-state index is 13.4.